The molecule has 1 heterocycles. The van der Waals surface area contributed by atoms with Crippen molar-refractivity contribution in [2.45, 2.75) is 37.6 Å². The molecule has 0 bridgehead atoms. The molecule has 0 aliphatic carbocycles. The van der Waals surface area contributed by atoms with Crippen LogP contribution in [0.5, 0.6) is 0 Å². The van der Waals surface area contributed by atoms with Gasteiger partial charge in [-0.05, 0) is 62.6 Å². The third-order valence-corrected chi connectivity index (χ3v) is 6.19. The topological polar surface area (TPSA) is 87.3 Å². The molecule has 0 radical (unpaired) electrons. The number of carbonyl (C=O) groups is 1. The summed E-state index contributed by atoms with van der Waals surface area (Å²) >= 11 is 0. The standard InChI is InChI=1S/C20H25N3O3S/c1-14-9-10-15(2)19(12-14)27(25,26)23-18-8-4-3-7-17(18)20(24)22-16-6-5-11-21-13-16/h3-4,7-10,12,16,21,23H,5-6,11,13H2,1-2H3,(H,22,24)/t16-/m0/s1. The lowest BCUT2D eigenvalue weighted by Gasteiger charge is -2.24. The zero-order valence-electron chi connectivity index (χ0n) is 15.6. The van der Waals surface area contributed by atoms with Crippen LogP contribution in [0.25, 0.3) is 0 Å². The molecule has 27 heavy (non-hydrogen) atoms. The molecule has 1 atom stereocenters. The van der Waals surface area contributed by atoms with E-state index in [4.69, 9.17) is 0 Å². The lowest BCUT2D eigenvalue weighted by Crippen LogP contribution is -2.45. The van der Waals surface area contributed by atoms with Gasteiger partial charge in [0.15, 0.2) is 0 Å². The summed E-state index contributed by atoms with van der Waals surface area (Å²) in [6, 6.07) is 12.0. The summed E-state index contributed by atoms with van der Waals surface area (Å²) in [6.07, 6.45) is 1.92. The third-order valence-electron chi connectivity index (χ3n) is 4.68. The van der Waals surface area contributed by atoms with E-state index in [1.54, 1.807) is 43.3 Å². The van der Waals surface area contributed by atoms with E-state index in [-0.39, 0.29) is 22.5 Å². The molecular formula is C20H25N3O3S. The maximum Gasteiger partial charge on any atom is 0.262 e. The van der Waals surface area contributed by atoms with E-state index in [0.717, 1.165) is 31.5 Å². The van der Waals surface area contributed by atoms with Crippen molar-refractivity contribution in [1.29, 1.82) is 0 Å². The quantitative estimate of drug-likeness (QED) is 0.736. The fourth-order valence-corrected chi connectivity index (χ4v) is 4.62. The third kappa shape index (κ3) is 4.67. The van der Waals surface area contributed by atoms with Gasteiger partial charge in [0.05, 0.1) is 16.1 Å². The van der Waals surface area contributed by atoms with Gasteiger partial charge in [0.1, 0.15) is 0 Å². The van der Waals surface area contributed by atoms with Gasteiger partial charge in [-0.2, -0.15) is 0 Å². The van der Waals surface area contributed by atoms with Gasteiger partial charge in [-0.15, -0.1) is 0 Å². The molecule has 1 fully saturated rings. The van der Waals surface area contributed by atoms with E-state index in [2.05, 4.69) is 15.4 Å². The Morgan fingerprint density at radius 3 is 2.67 bits per heavy atom. The van der Waals surface area contributed by atoms with Gasteiger partial charge in [-0.3, -0.25) is 9.52 Å². The fourth-order valence-electron chi connectivity index (χ4n) is 3.20. The van der Waals surface area contributed by atoms with Crippen LogP contribution in [0, 0.1) is 13.8 Å². The smallest absolute Gasteiger partial charge is 0.262 e. The average molecular weight is 388 g/mol. The second-order valence-electron chi connectivity index (χ2n) is 6.94. The second kappa shape index (κ2) is 8.10. The number of piperidine rings is 1. The van der Waals surface area contributed by atoms with Crippen LogP contribution in [0.4, 0.5) is 5.69 Å². The predicted octanol–water partition coefficient (Wildman–Crippen LogP) is 2.59. The lowest BCUT2D eigenvalue weighted by molar-refractivity contribution is 0.0931. The van der Waals surface area contributed by atoms with Gasteiger partial charge in [0.2, 0.25) is 0 Å². The molecule has 0 saturated carbocycles. The summed E-state index contributed by atoms with van der Waals surface area (Å²) in [5.41, 5.74) is 2.11. The molecule has 2 aromatic rings. The van der Waals surface area contributed by atoms with Gasteiger partial charge in [-0.25, -0.2) is 8.42 Å². The summed E-state index contributed by atoms with van der Waals surface area (Å²) in [4.78, 5) is 12.9. The first-order chi connectivity index (χ1) is 12.9. The van der Waals surface area contributed by atoms with Crippen molar-refractivity contribution in [3.05, 3.63) is 59.2 Å². The highest BCUT2D eigenvalue weighted by atomic mass is 32.2. The SMILES string of the molecule is Cc1ccc(C)c(S(=O)(=O)Nc2ccccc2C(=O)N[C@H]2CCCNC2)c1. The Bertz CT molecular complexity index is 935. The monoisotopic (exact) mass is 387 g/mol. The number of benzene rings is 2. The Kier molecular flexibility index (Phi) is 5.82. The molecule has 0 aromatic heterocycles. The zero-order chi connectivity index (χ0) is 19.4. The van der Waals surface area contributed by atoms with Crippen molar-refractivity contribution in [1.82, 2.24) is 10.6 Å². The molecule has 0 spiro atoms. The number of anilines is 1. The number of carbonyl (C=O) groups excluding carboxylic acids is 1. The van der Waals surface area contributed by atoms with Gasteiger partial charge < -0.3 is 10.6 Å². The Balaban J connectivity index is 1.85. The summed E-state index contributed by atoms with van der Waals surface area (Å²) in [5, 5.41) is 6.24. The summed E-state index contributed by atoms with van der Waals surface area (Å²) in [5.74, 6) is -0.275. The molecule has 3 rings (SSSR count). The number of aryl methyl sites for hydroxylation is 2. The van der Waals surface area contributed by atoms with Crippen LogP contribution in [0.3, 0.4) is 0 Å². The molecule has 6 nitrogen and oxygen atoms in total. The Morgan fingerprint density at radius 1 is 1.15 bits per heavy atom. The van der Waals surface area contributed by atoms with Crippen LogP contribution in [0.1, 0.15) is 34.3 Å². The van der Waals surface area contributed by atoms with Crippen molar-refractivity contribution in [2.24, 2.45) is 0 Å². The van der Waals surface area contributed by atoms with Crippen molar-refractivity contribution >= 4 is 21.6 Å². The van der Waals surface area contributed by atoms with E-state index >= 15 is 0 Å². The summed E-state index contributed by atoms with van der Waals surface area (Å²) < 4.78 is 28.4. The van der Waals surface area contributed by atoms with Gasteiger partial charge >= 0.3 is 0 Å². The highest BCUT2D eigenvalue weighted by Crippen LogP contribution is 2.23. The molecule has 7 heteroatoms. The number of nitrogens with one attached hydrogen (secondary N) is 3. The normalized spacial score (nSPS) is 17.3. The molecular weight excluding hydrogens is 362 g/mol. The van der Waals surface area contributed by atoms with Crippen molar-refractivity contribution in [2.75, 3.05) is 17.8 Å². The maximum absolute atomic E-state index is 12.9. The van der Waals surface area contributed by atoms with E-state index in [1.807, 2.05) is 13.0 Å². The zero-order valence-corrected chi connectivity index (χ0v) is 16.4. The molecule has 1 saturated heterocycles. The van der Waals surface area contributed by atoms with Gasteiger partial charge in [0.25, 0.3) is 15.9 Å². The van der Waals surface area contributed by atoms with Crippen LogP contribution in [0.15, 0.2) is 47.4 Å². The predicted molar refractivity (Wildman–Crippen MR) is 107 cm³/mol. The number of rotatable bonds is 5. The van der Waals surface area contributed by atoms with Crippen LogP contribution >= 0.6 is 0 Å². The minimum Gasteiger partial charge on any atom is -0.348 e. The number of para-hydroxylation sites is 1. The first-order valence-electron chi connectivity index (χ1n) is 9.07. The van der Waals surface area contributed by atoms with E-state index in [0.29, 0.717) is 11.1 Å². The molecule has 2 aromatic carbocycles. The van der Waals surface area contributed by atoms with Crippen LogP contribution in [-0.4, -0.2) is 33.5 Å². The minimum absolute atomic E-state index is 0.0509. The highest BCUT2D eigenvalue weighted by molar-refractivity contribution is 7.92. The van der Waals surface area contributed by atoms with E-state index < -0.39 is 10.0 Å². The van der Waals surface area contributed by atoms with Crippen LogP contribution < -0.4 is 15.4 Å². The molecule has 1 amide bonds. The van der Waals surface area contributed by atoms with Crippen molar-refractivity contribution in [3.63, 3.8) is 0 Å². The summed E-state index contributed by atoms with van der Waals surface area (Å²) in [6.45, 7) is 5.28. The van der Waals surface area contributed by atoms with Gasteiger partial charge in [0, 0.05) is 12.6 Å². The fraction of sp³-hybridized carbons (Fsp3) is 0.350. The van der Waals surface area contributed by atoms with Gasteiger partial charge in [-0.1, -0.05) is 24.3 Å². The molecule has 1 aliphatic rings. The number of hydrogen-bond donors (Lipinski definition) is 3. The number of hydrogen-bond acceptors (Lipinski definition) is 4. The maximum atomic E-state index is 12.9. The Hall–Kier alpha value is -2.38. The van der Waals surface area contributed by atoms with Crippen LogP contribution in [-0.2, 0) is 10.0 Å². The first-order valence-corrected chi connectivity index (χ1v) is 10.6. The molecule has 3 N–H and O–H groups in total. The van der Waals surface area contributed by atoms with E-state index in [9.17, 15) is 13.2 Å². The molecule has 0 unspecified atom stereocenters. The second-order valence-corrected chi connectivity index (χ2v) is 8.59. The minimum atomic E-state index is -3.80. The average Bonchev–Trinajstić information content (AvgIpc) is 2.64. The molecule has 144 valence electrons. The Morgan fingerprint density at radius 2 is 1.93 bits per heavy atom. The van der Waals surface area contributed by atoms with E-state index in [1.165, 1.54) is 0 Å². The molecule has 1 aliphatic heterocycles. The van der Waals surface area contributed by atoms with Crippen molar-refractivity contribution < 1.29 is 13.2 Å². The lowest BCUT2D eigenvalue weighted by atomic mass is 10.1. The summed E-state index contributed by atoms with van der Waals surface area (Å²) in [7, 11) is -3.80. The number of amides is 1. The first kappa shape index (κ1) is 19.4. The van der Waals surface area contributed by atoms with Crippen LogP contribution in [0.2, 0.25) is 0 Å². The Labute approximate surface area is 160 Å². The number of sulfonamides is 1. The largest absolute Gasteiger partial charge is 0.348 e. The highest BCUT2D eigenvalue weighted by Gasteiger charge is 2.22. The van der Waals surface area contributed by atoms with Crippen molar-refractivity contribution in [3.8, 4) is 0 Å².